The first-order chi connectivity index (χ1) is 15.0. The Kier molecular flexibility index (Phi) is 8.37. The molecule has 2 aromatic rings. The van der Waals surface area contributed by atoms with Crippen LogP contribution in [0.3, 0.4) is 0 Å². The summed E-state index contributed by atoms with van der Waals surface area (Å²) in [5, 5.41) is 0. The first-order valence-electron chi connectivity index (χ1n) is 9.99. The Morgan fingerprint density at radius 1 is 0.935 bits per heavy atom. The third-order valence-electron chi connectivity index (χ3n) is 4.61. The smallest absolute Gasteiger partial charge is 0.269 e. The number of hydrogen-bond donors (Lipinski definition) is 2. The molecule has 160 valence electrons. The lowest BCUT2D eigenvalue weighted by molar-refractivity contribution is -0.123. The van der Waals surface area contributed by atoms with Gasteiger partial charge in [-0.1, -0.05) is 78.9 Å². The summed E-state index contributed by atoms with van der Waals surface area (Å²) in [4.78, 5) is 38.6. The summed E-state index contributed by atoms with van der Waals surface area (Å²) < 4.78 is 0.563. The van der Waals surface area contributed by atoms with Gasteiger partial charge in [-0.2, -0.15) is 0 Å². The average molecular weight is 454 g/mol. The number of unbranched alkanes of at least 4 members (excludes halogenated alkanes) is 2. The molecule has 0 spiro atoms. The largest absolute Gasteiger partial charge is 0.293 e. The number of hydrogen-bond acceptors (Lipinski definition) is 5. The highest BCUT2D eigenvalue weighted by atomic mass is 32.2. The molecule has 2 N–H and O–H groups in total. The van der Waals surface area contributed by atoms with Gasteiger partial charge in [-0.25, -0.2) is 0 Å². The van der Waals surface area contributed by atoms with Crippen molar-refractivity contribution in [1.29, 1.82) is 0 Å². The van der Waals surface area contributed by atoms with Crippen molar-refractivity contribution in [2.75, 3.05) is 6.54 Å². The Hall–Kier alpha value is -2.97. The zero-order valence-corrected chi connectivity index (χ0v) is 18.5. The molecular weight excluding hydrogens is 430 g/mol. The molecule has 0 saturated carbocycles. The Morgan fingerprint density at radius 3 is 2.32 bits per heavy atom. The van der Waals surface area contributed by atoms with Crippen molar-refractivity contribution in [2.24, 2.45) is 0 Å². The molecule has 0 atom stereocenters. The molecule has 31 heavy (non-hydrogen) atoms. The van der Waals surface area contributed by atoms with Crippen LogP contribution in [-0.2, 0) is 9.59 Å². The molecule has 6 nitrogen and oxygen atoms in total. The molecule has 0 bridgehead atoms. The van der Waals surface area contributed by atoms with Gasteiger partial charge in [0.05, 0.1) is 4.91 Å². The van der Waals surface area contributed by atoms with E-state index >= 15 is 0 Å². The summed E-state index contributed by atoms with van der Waals surface area (Å²) in [6.07, 6.45) is 4.32. The van der Waals surface area contributed by atoms with Crippen LogP contribution in [0.4, 0.5) is 0 Å². The maximum atomic E-state index is 12.6. The van der Waals surface area contributed by atoms with Gasteiger partial charge in [0.1, 0.15) is 4.32 Å². The fourth-order valence-corrected chi connectivity index (χ4v) is 4.28. The van der Waals surface area contributed by atoms with Crippen molar-refractivity contribution in [3.8, 4) is 0 Å². The molecule has 1 aliphatic rings. The molecule has 2 aromatic carbocycles. The van der Waals surface area contributed by atoms with E-state index in [0.29, 0.717) is 34.2 Å². The van der Waals surface area contributed by atoms with Gasteiger partial charge in [-0.3, -0.25) is 30.1 Å². The van der Waals surface area contributed by atoms with Crippen LogP contribution in [0.25, 0.3) is 6.08 Å². The van der Waals surface area contributed by atoms with Crippen molar-refractivity contribution in [3.63, 3.8) is 0 Å². The van der Waals surface area contributed by atoms with Gasteiger partial charge in [0, 0.05) is 18.5 Å². The standard InChI is InChI=1S/C23H23N3O3S2/c27-20(24-25-21(28)18-12-6-2-7-13-18)14-8-3-9-15-26-22(29)19(31-23(26)30)16-17-10-4-1-5-11-17/h1-2,4-7,10-13,16H,3,8-9,14-15H2,(H,24,27)(H,25,28). The SMILES string of the molecule is O=C(CCCCCN1C(=O)C(=Cc2ccccc2)SC1=S)NNC(=O)c1ccccc1. The molecule has 3 amide bonds. The first kappa shape index (κ1) is 22.7. The molecule has 1 aliphatic heterocycles. The highest BCUT2D eigenvalue weighted by molar-refractivity contribution is 8.26. The topological polar surface area (TPSA) is 78.5 Å². The summed E-state index contributed by atoms with van der Waals surface area (Å²) in [6, 6.07) is 18.3. The second kappa shape index (κ2) is 11.4. The first-order valence-corrected chi connectivity index (χ1v) is 11.2. The minimum atomic E-state index is -0.355. The number of carbonyl (C=O) groups excluding carboxylic acids is 3. The van der Waals surface area contributed by atoms with Crippen molar-refractivity contribution in [1.82, 2.24) is 15.8 Å². The molecular formula is C23H23N3O3S2. The molecule has 0 aromatic heterocycles. The van der Waals surface area contributed by atoms with Gasteiger partial charge >= 0.3 is 0 Å². The summed E-state index contributed by atoms with van der Waals surface area (Å²) in [5.41, 5.74) is 6.27. The normalized spacial score (nSPS) is 14.7. The lowest BCUT2D eigenvalue weighted by Crippen LogP contribution is -2.41. The zero-order chi connectivity index (χ0) is 22.1. The summed E-state index contributed by atoms with van der Waals surface area (Å²) in [6.45, 7) is 0.531. The summed E-state index contributed by atoms with van der Waals surface area (Å²) in [7, 11) is 0. The van der Waals surface area contributed by atoms with E-state index < -0.39 is 0 Å². The molecule has 0 radical (unpaired) electrons. The van der Waals surface area contributed by atoms with Crippen molar-refractivity contribution in [2.45, 2.75) is 25.7 Å². The number of nitrogens with one attached hydrogen (secondary N) is 2. The molecule has 8 heteroatoms. The summed E-state index contributed by atoms with van der Waals surface area (Å²) >= 11 is 6.67. The third-order valence-corrected chi connectivity index (χ3v) is 5.99. The van der Waals surface area contributed by atoms with E-state index in [9.17, 15) is 14.4 Å². The second-order valence-electron chi connectivity index (χ2n) is 6.92. The van der Waals surface area contributed by atoms with Gasteiger partial charge in [0.15, 0.2) is 0 Å². The van der Waals surface area contributed by atoms with Crippen LogP contribution < -0.4 is 10.9 Å². The molecule has 1 heterocycles. The minimum Gasteiger partial charge on any atom is -0.293 e. The quantitative estimate of drug-likeness (QED) is 0.274. The third kappa shape index (κ3) is 6.77. The van der Waals surface area contributed by atoms with Gasteiger partial charge in [-0.15, -0.1) is 0 Å². The second-order valence-corrected chi connectivity index (χ2v) is 8.60. The van der Waals surface area contributed by atoms with E-state index in [2.05, 4.69) is 10.9 Å². The van der Waals surface area contributed by atoms with Gasteiger partial charge in [0.2, 0.25) is 5.91 Å². The number of benzene rings is 2. The van der Waals surface area contributed by atoms with Crippen LogP contribution in [-0.4, -0.2) is 33.5 Å². The predicted molar refractivity (Wildman–Crippen MR) is 127 cm³/mol. The Balaban J connectivity index is 1.34. The van der Waals surface area contributed by atoms with Crippen LogP contribution in [0.15, 0.2) is 65.6 Å². The lowest BCUT2D eigenvalue weighted by Gasteiger charge is -2.14. The van der Waals surface area contributed by atoms with E-state index in [-0.39, 0.29) is 17.7 Å². The van der Waals surface area contributed by atoms with E-state index in [0.717, 1.165) is 18.4 Å². The van der Waals surface area contributed by atoms with Crippen LogP contribution in [0.2, 0.25) is 0 Å². The van der Waals surface area contributed by atoms with Gasteiger partial charge < -0.3 is 0 Å². The highest BCUT2D eigenvalue weighted by Crippen LogP contribution is 2.32. The van der Waals surface area contributed by atoms with Gasteiger partial charge in [-0.05, 0) is 36.6 Å². The minimum absolute atomic E-state index is 0.0692. The van der Waals surface area contributed by atoms with Crippen LogP contribution >= 0.6 is 24.0 Å². The lowest BCUT2D eigenvalue weighted by atomic mass is 10.2. The van der Waals surface area contributed by atoms with Crippen molar-refractivity contribution < 1.29 is 14.4 Å². The Labute approximate surface area is 191 Å². The van der Waals surface area contributed by atoms with Crippen molar-refractivity contribution >= 4 is 52.1 Å². The Morgan fingerprint density at radius 2 is 1.61 bits per heavy atom. The number of thioether (sulfide) groups is 1. The van der Waals surface area contributed by atoms with E-state index in [1.807, 2.05) is 42.5 Å². The molecule has 1 fully saturated rings. The summed E-state index contributed by atoms with van der Waals surface area (Å²) in [5.74, 6) is -0.673. The van der Waals surface area contributed by atoms with E-state index in [1.165, 1.54) is 11.8 Å². The number of hydrazine groups is 1. The molecule has 0 unspecified atom stereocenters. The zero-order valence-electron chi connectivity index (χ0n) is 16.9. The maximum absolute atomic E-state index is 12.6. The van der Waals surface area contributed by atoms with E-state index in [1.54, 1.807) is 29.2 Å². The predicted octanol–water partition coefficient (Wildman–Crippen LogP) is 3.91. The maximum Gasteiger partial charge on any atom is 0.269 e. The molecule has 1 saturated heterocycles. The van der Waals surface area contributed by atoms with E-state index in [4.69, 9.17) is 12.2 Å². The average Bonchev–Trinajstić information content (AvgIpc) is 3.05. The van der Waals surface area contributed by atoms with Crippen LogP contribution in [0.1, 0.15) is 41.6 Å². The number of carbonyl (C=O) groups is 3. The van der Waals surface area contributed by atoms with Crippen molar-refractivity contribution in [3.05, 3.63) is 76.7 Å². The monoisotopic (exact) mass is 453 g/mol. The number of thiocarbonyl (C=S) groups is 1. The fraction of sp³-hybridized carbons (Fsp3) is 0.217. The molecule has 0 aliphatic carbocycles. The number of rotatable bonds is 8. The Bertz CT molecular complexity index is 978. The number of nitrogens with zero attached hydrogens (tertiary/aromatic N) is 1. The molecule has 3 rings (SSSR count). The number of amides is 3. The van der Waals surface area contributed by atoms with Gasteiger partial charge in [0.25, 0.3) is 11.8 Å². The fourth-order valence-electron chi connectivity index (χ4n) is 2.98. The van der Waals surface area contributed by atoms with Crippen LogP contribution in [0.5, 0.6) is 0 Å². The highest BCUT2D eigenvalue weighted by Gasteiger charge is 2.31. The van der Waals surface area contributed by atoms with Crippen LogP contribution in [0, 0.1) is 0 Å².